The van der Waals surface area contributed by atoms with Crippen molar-refractivity contribution in [1.29, 1.82) is 0 Å². The summed E-state index contributed by atoms with van der Waals surface area (Å²) in [5.74, 6) is 2.67. The molecule has 5 nitrogen and oxygen atoms in total. The molecule has 0 saturated heterocycles. The third-order valence-corrected chi connectivity index (χ3v) is 6.98. The van der Waals surface area contributed by atoms with Crippen LogP contribution in [0.25, 0.3) is 0 Å². The fraction of sp³-hybridized carbons (Fsp3) is 0.519. The van der Waals surface area contributed by atoms with E-state index >= 15 is 0 Å². The van der Waals surface area contributed by atoms with Gasteiger partial charge in [-0.1, -0.05) is 38.3 Å². The third kappa shape index (κ3) is 4.72. The molecule has 172 valence electrons. The summed E-state index contributed by atoms with van der Waals surface area (Å²) in [6.07, 6.45) is 7.36. The Hall–Kier alpha value is -2.69. The first kappa shape index (κ1) is 22.5. The van der Waals surface area contributed by atoms with Crippen LogP contribution in [-0.2, 0) is 17.6 Å². The monoisotopic (exact) mass is 437 g/mol. The standard InChI is InChI=1S/C27H35NO4/c1-4-19-10-12-22(13-11-19)32-18-24-23-17-26(31-3)25(30-2)16-21(23)14-15-28(24)27(29)20-8-6-5-7-9-20/h10-13,16-17,20,24H,4-9,14-15,18H2,1-3H3/t24-/m1/s1. The molecule has 1 heterocycles. The predicted octanol–water partition coefficient (Wildman–Crippen LogP) is 5.35. The SMILES string of the molecule is CCc1ccc(OC[C@@H]2c3cc(OC)c(OC)cc3CCN2C(=O)C2CCCCC2)cc1. The fourth-order valence-corrected chi connectivity index (χ4v) is 5.05. The molecule has 0 N–H and O–H groups in total. The van der Waals surface area contributed by atoms with Gasteiger partial charge in [0.25, 0.3) is 0 Å². The quantitative estimate of drug-likeness (QED) is 0.586. The first-order valence-corrected chi connectivity index (χ1v) is 11.9. The van der Waals surface area contributed by atoms with Crippen LogP contribution in [0.4, 0.5) is 0 Å². The molecule has 1 atom stereocenters. The van der Waals surface area contributed by atoms with E-state index in [0.29, 0.717) is 18.9 Å². The van der Waals surface area contributed by atoms with Gasteiger partial charge in [0.2, 0.25) is 5.91 Å². The average molecular weight is 438 g/mol. The summed E-state index contributed by atoms with van der Waals surface area (Å²) in [6, 6.07) is 12.2. The Morgan fingerprint density at radius 1 is 1.00 bits per heavy atom. The predicted molar refractivity (Wildman–Crippen MR) is 126 cm³/mol. The number of aryl methyl sites for hydroxylation is 1. The van der Waals surface area contributed by atoms with E-state index in [-0.39, 0.29) is 17.9 Å². The van der Waals surface area contributed by atoms with Gasteiger partial charge in [-0.3, -0.25) is 4.79 Å². The Morgan fingerprint density at radius 3 is 2.34 bits per heavy atom. The minimum atomic E-state index is -0.140. The molecule has 2 aromatic carbocycles. The van der Waals surface area contributed by atoms with Gasteiger partial charge in [-0.2, -0.15) is 0 Å². The molecule has 1 amide bonds. The second-order valence-corrected chi connectivity index (χ2v) is 8.85. The largest absolute Gasteiger partial charge is 0.493 e. The number of hydrogen-bond donors (Lipinski definition) is 0. The highest BCUT2D eigenvalue weighted by Gasteiger charge is 2.36. The fourth-order valence-electron chi connectivity index (χ4n) is 5.05. The molecule has 1 aliphatic carbocycles. The maximum absolute atomic E-state index is 13.6. The zero-order valence-electron chi connectivity index (χ0n) is 19.6. The number of benzene rings is 2. The number of rotatable bonds is 7. The van der Waals surface area contributed by atoms with E-state index in [4.69, 9.17) is 14.2 Å². The number of amides is 1. The van der Waals surface area contributed by atoms with Crippen molar-refractivity contribution in [2.24, 2.45) is 5.92 Å². The second-order valence-electron chi connectivity index (χ2n) is 8.85. The molecule has 2 aliphatic rings. The zero-order chi connectivity index (χ0) is 22.5. The van der Waals surface area contributed by atoms with Gasteiger partial charge in [-0.15, -0.1) is 0 Å². The number of nitrogens with zero attached hydrogens (tertiary/aromatic N) is 1. The van der Waals surface area contributed by atoms with Gasteiger partial charge in [0.05, 0.1) is 20.3 Å². The summed E-state index contributed by atoms with van der Waals surface area (Å²) in [5.41, 5.74) is 3.58. The lowest BCUT2D eigenvalue weighted by molar-refractivity contribution is -0.140. The minimum Gasteiger partial charge on any atom is -0.493 e. The molecule has 2 aromatic rings. The van der Waals surface area contributed by atoms with Crippen molar-refractivity contribution in [3.63, 3.8) is 0 Å². The van der Waals surface area contributed by atoms with E-state index in [2.05, 4.69) is 30.0 Å². The molecular weight excluding hydrogens is 402 g/mol. The average Bonchev–Trinajstić information content (AvgIpc) is 2.86. The van der Waals surface area contributed by atoms with Crippen molar-refractivity contribution in [1.82, 2.24) is 4.90 Å². The lowest BCUT2D eigenvalue weighted by Gasteiger charge is -2.40. The van der Waals surface area contributed by atoms with Gasteiger partial charge in [0, 0.05) is 12.5 Å². The van der Waals surface area contributed by atoms with Crippen LogP contribution in [-0.4, -0.2) is 38.2 Å². The van der Waals surface area contributed by atoms with Crippen LogP contribution in [0, 0.1) is 5.92 Å². The molecule has 0 bridgehead atoms. The van der Waals surface area contributed by atoms with Crippen molar-refractivity contribution < 1.29 is 19.0 Å². The highest BCUT2D eigenvalue weighted by Crippen LogP contribution is 2.40. The lowest BCUT2D eigenvalue weighted by Crippen LogP contribution is -2.45. The smallest absolute Gasteiger partial charge is 0.226 e. The van der Waals surface area contributed by atoms with Gasteiger partial charge in [0.15, 0.2) is 11.5 Å². The highest BCUT2D eigenvalue weighted by molar-refractivity contribution is 5.80. The number of hydrogen-bond acceptors (Lipinski definition) is 4. The minimum absolute atomic E-state index is 0.136. The van der Waals surface area contributed by atoms with Crippen molar-refractivity contribution in [3.8, 4) is 17.2 Å². The molecule has 4 rings (SSSR count). The Morgan fingerprint density at radius 2 is 1.69 bits per heavy atom. The summed E-state index contributed by atoms with van der Waals surface area (Å²) in [5, 5.41) is 0. The van der Waals surface area contributed by atoms with Gasteiger partial charge in [-0.25, -0.2) is 0 Å². The van der Waals surface area contributed by atoms with Crippen LogP contribution in [0.2, 0.25) is 0 Å². The molecule has 0 aromatic heterocycles. The Bertz CT molecular complexity index is 918. The molecule has 5 heteroatoms. The highest BCUT2D eigenvalue weighted by atomic mass is 16.5. The zero-order valence-corrected chi connectivity index (χ0v) is 19.6. The molecule has 1 fully saturated rings. The maximum atomic E-state index is 13.6. The molecule has 32 heavy (non-hydrogen) atoms. The summed E-state index contributed by atoms with van der Waals surface area (Å²) < 4.78 is 17.3. The number of ether oxygens (including phenoxy) is 3. The number of carbonyl (C=O) groups is 1. The number of carbonyl (C=O) groups excluding carboxylic acids is 1. The number of fused-ring (bicyclic) bond motifs is 1. The summed E-state index contributed by atoms with van der Waals surface area (Å²) in [4.78, 5) is 15.6. The van der Waals surface area contributed by atoms with Crippen LogP contribution in [0.1, 0.15) is 61.8 Å². The van der Waals surface area contributed by atoms with Crippen molar-refractivity contribution >= 4 is 5.91 Å². The molecular formula is C27H35NO4. The molecule has 1 aliphatic heterocycles. The van der Waals surface area contributed by atoms with E-state index in [9.17, 15) is 4.79 Å². The van der Waals surface area contributed by atoms with Crippen LogP contribution < -0.4 is 14.2 Å². The topological polar surface area (TPSA) is 48.0 Å². The van der Waals surface area contributed by atoms with E-state index in [0.717, 1.165) is 55.6 Å². The lowest BCUT2D eigenvalue weighted by atomic mass is 9.86. The van der Waals surface area contributed by atoms with Crippen LogP contribution in [0.3, 0.4) is 0 Å². The van der Waals surface area contributed by atoms with Gasteiger partial charge in [-0.05, 0) is 66.6 Å². The maximum Gasteiger partial charge on any atom is 0.226 e. The van der Waals surface area contributed by atoms with Crippen molar-refractivity contribution in [2.75, 3.05) is 27.4 Å². The van der Waals surface area contributed by atoms with Crippen LogP contribution in [0.5, 0.6) is 17.2 Å². The third-order valence-electron chi connectivity index (χ3n) is 6.98. The second kappa shape index (κ2) is 10.3. The first-order chi connectivity index (χ1) is 15.6. The Kier molecular flexibility index (Phi) is 7.23. The van der Waals surface area contributed by atoms with Crippen molar-refractivity contribution in [2.45, 2.75) is 57.9 Å². The van der Waals surface area contributed by atoms with E-state index in [1.807, 2.05) is 18.2 Å². The molecule has 0 radical (unpaired) electrons. The van der Waals surface area contributed by atoms with Crippen molar-refractivity contribution in [3.05, 3.63) is 53.1 Å². The molecule has 0 unspecified atom stereocenters. The summed E-state index contributed by atoms with van der Waals surface area (Å²) in [7, 11) is 3.31. The van der Waals surface area contributed by atoms with E-state index in [1.54, 1.807) is 14.2 Å². The molecule has 0 spiro atoms. The summed E-state index contributed by atoms with van der Waals surface area (Å²) in [6.45, 7) is 3.28. The summed E-state index contributed by atoms with van der Waals surface area (Å²) >= 11 is 0. The van der Waals surface area contributed by atoms with Gasteiger partial charge < -0.3 is 19.1 Å². The Balaban J connectivity index is 1.63. The first-order valence-electron chi connectivity index (χ1n) is 11.9. The van der Waals surface area contributed by atoms with E-state index in [1.165, 1.54) is 17.5 Å². The number of methoxy groups -OCH3 is 2. The van der Waals surface area contributed by atoms with Crippen LogP contribution >= 0.6 is 0 Å². The van der Waals surface area contributed by atoms with Gasteiger partial charge >= 0.3 is 0 Å². The normalized spacial score (nSPS) is 18.7. The Labute approximate surface area is 191 Å². The van der Waals surface area contributed by atoms with Crippen LogP contribution in [0.15, 0.2) is 36.4 Å². The molecule has 1 saturated carbocycles. The van der Waals surface area contributed by atoms with Gasteiger partial charge in [0.1, 0.15) is 12.4 Å². The van der Waals surface area contributed by atoms with E-state index < -0.39 is 0 Å².